The average molecular weight is 376 g/mol. The third-order valence-electron chi connectivity index (χ3n) is 4.09. The maximum atomic E-state index is 12.5. The van der Waals surface area contributed by atoms with Crippen LogP contribution in [-0.2, 0) is 10.5 Å². The molecule has 3 rings (SSSR count). The third kappa shape index (κ3) is 5.55. The number of aromatic nitrogens is 2. The molecule has 0 aromatic carbocycles. The highest BCUT2D eigenvalue weighted by Crippen LogP contribution is 2.24. The number of nitrogens with one attached hydrogen (secondary N) is 1. The molecule has 0 unspecified atom stereocenters. The Bertz CT molecular complexity index is 716. The topological polar surface area (TPSA) is 80.5 Å². The second-order valence-corrected chi connectivity index (χ2v) is 7.10. The first-order chi connectivity index (χ1) is 12.7. The predicted octanol–water partition coefficient (Wildman–Crippen LogP) is 2.12. The Labute approximate surface area is 157 Å². The molecule has 1 saturated heterocycles. The van der Waals surface area contributed by atoms with Crippen molar-refractivity contribution in [1.29, 1.82) is 0 Å². The van der Waals surface area contributed by atoms with Crippen LogP contribution in [0.5, 0.6) is 0 Å². The van der Waals surface area contributed by atoms with Crippen molar-refractivity contribution in [1.82, 2.24) is 20.4 Å². The highest BCUT2D eigenvalue weighted by atomic mass is 32.2. The van der Waals surface area contributed by atoms with Gasteiger partial charge in [0.15, 0.2) is 0 Å². The molecule has 140 valence electrons. The predicted molar refractivity (Wildman–Crippen MR) is 99.2 cm³/mol. The highest BCUT2D eigenvalue weighted by molar-refractivity contribution is 7.98. The molecule has 26 heavy (non-hydrogen) atoms. The minimum absolute atomic E-state index is 0.0843. The third-order valence-corrected chi connectivity index (χ3v) is 5.13. The van der Waals surface area contributed by atoms with E-state index in [1.165, 1.54) is 11.8 Å². The van der Waals surface area contributed by atoms with Crippen LogP contribution in [0.3, 0.4) is 0 Å². The first-order valence-corrected chi connectivity index (χ1v) is 9.79. The van der Waals surface area contributed by atoms with Gasteiger partial charge in [-0.25, -0.2) is 4.98 Å². The fourth-order valence-electron chi connectivity index (χ4n) is 2.73. The zero-order valence-corrected chi connectivity index (χ0v) is 15.8. The van der Waals surface area contributed by atoms with Gasteiger partial charge in [0.25, 0.3) is 5.91 Å². The minimum Gasteiger partial charge on any atom is -0.379 e. The Morgan fingerprint density at radius 3 is 3.00 bits per heavy atom. The first-order valence-electron chi connectivity index (χ1n) is 8.80. The van der Waals surface area contributed by atoms with Crippen LogP contribution >= 0.6 is 11.8 Å². The molecule has 0 atom stereocenters. The molecule has 0 radical (unpaired) electrons. The second kappa shape index (κ2) is 9.70. The Balaban J connectivity index is 1.47. The van der Waals surface area contributed by atoms with Gasteiger partial charge in [0.1, 0.15) is 10.8 Å². The normalized spacial score (nSPS) is 15.1. The molecule has 1 fully saturated rings. The van der Waals surface area contributed by atoms with E-state index in [1.807, 2.05) is 13.0 Å². The number of ether oxygens (including phenoxy) is 1. The fourth-order valence-corrected chi connectivity index (χ4v) is 3.60. The maximum absolute atomic E-state index is 12.5. The summed E-state index contributed by atoms with van der Waals surface area (Å²) in [6.07, 6.45) is 2.62. The lowest BCUT2D eigenvalue weighted by Gasteiger charge is -2.26. The fraction of sp³-hybridized carbons (Fsp3) is 0.500. The van der Waals surface area contributed by atoms with Crippen molar-refractivity contribution in [3.8, 4) is 0 Å². The van der Waals surface area contributed by atoms with Gasteiger partial charge in [-0.2, -0.15) is 0 Å². The van der Waals surface area contributed by atoms with Gasteiger partial charge >= 0.3 is 0 Å². The van der Waals surface area contributed by atoms with Crippen molar-refractivity contribution in [2.75, 3.05) is 39.4 Å². The summed E-state index contributed by atoms with van der Waals surface area (Å²) in [6, 6.07) is 5.48. The summed E-state index contributed by atoms with van der Waals surface area (Å²) in [6.45, 7) is 7.03. The molecule has 0 saturated carbocycles. The highest BCUT2D eigenvalue weighted by Gasteiger charge is 2.14. The van der Waals surface area contributed by atoms with Crippen molar-refractivity contribution in [2.24, 2.45) is 0 Å². The monoisotopic (exact) mass is 376 g/mol. The molecule has 1 aliphatic rings. The van der Waals surface area contributed by atoms with Gasteiger partial charge in [0.2, 0.25) is 0 Å². The van der Waals surface area contributed by atoms with Gasteiger partial charge in [-0.1, -0.05) is 16.9 Å². The van der Waals surface area contributed by atoms with Crippen LogP contribution < -0.4 is 5.32 Å². The van der Waals surface area contributed by atoms with Crippen LogP contribution in [0.1, 0.15) is 28.2 Å². The molecule has 2 aromatic rings. The van der Waals surface area contributed by atoms with Gasteiger partial charge in [-0.15, -0.1) is 0 Å². The molecule has 0 bridgehead atoms. The Kier molecular flexibility index (Phi) is 7.04. The number of rotatable bonds is 8. The number of carbonyl (C=O) groups is 1. The standard InChI is InChI=1S/C18H24N4O3S/c1-14-12-15(21-25-14)13-26-18-16(4-2-5-20-18)17(23)19-6-3-7-22-8-10-24-11-9-22/h2,4-5,12H,3,6-11,13H2,1H3,(H,19,23). The number of thioether (sulfide) groups is 1. The van der Waals surface area contributed by atoms with E-state index >= 15 is 0 Å². The summed E-state index contributed by atoms with van der Waals surface area (Å²) < 4.78 is 10.4. The van der Waals surface area contributed by atoms with E-state index in [-0.39, 0.29) is 5.91 Å². The van der Waals surface area contributed by atoms with Gasteiger partial charge in [0, 0.05) is 37.7 Å². The van der Waals surface area contributed by atoms with Crippen LogP contribution in [-0.4, -0.2) is 60.3 Å². The molecule has 7 nitrogen and oxygen atoms in total. The van der Waals surface area contributed by atoms with E-state index in [0.29, 0.717) is 22.9 Å². The molecule has 8 heteroatoms. The quantitative estimate of drug-likeness (QED) is 0.558. The molecule has 1 aliphatic heterocycles. The molecule has 3 heterocycles. The molecular formula is C18H24N4O3S. The van der Waals surface area contributed by atoms with E-state index in [4.69, 9.17) is 9.26 Å². The molecule has 1 N–H and O–H groups in total. The van der Waals surface area contributed by atoms with Crippen LogP contribution in [0, 0.1) is 6.92 Å². The van der Waals surface area contributed by atoms with Crippen LogP contribution in [0.4, 0.5) is 0 Å². The smallest absolute Gasteiger partial charge is 0.254 e. The molecular weight excluding hydrogens is 352 g/mol. The van der Waals surface area contributed by atoms with Gasteiger partial charge in [-0.05, 0) is 32.0 Å². The van der Waals surface area contributed by atoms with Crippen molar-refractivity contribution < 1.29 is 14.1 Å². The lowest BCUT2D eigenvalue weighted by atomic mass is 10.2. The molecule has 1 amide bonds. The Morgan fingerprint density at radius 2 is 2.23 bits per heavy atom. The largest absolute Gasteiger partial charge is 0.379 e. The summed E-state index contributed by atoms with van der Waals surface area (Å²) in [7, 11) is 0. The summed E-state index contributed by atoms with van der Waals surface area (Å²) in [5, 5.41) is 7.68. The zero-order valence-electron chi connectivity index (χ0n) is 14.9. The number of nitrogens with zero attached hydrogens (tertiary/aromatic N) is 3. The lowest BCUT2D eigenvalue weighted by molar-refractivity contribution is 0.0374. The van der Waals surface area contributed by atoms with Gasteiger partial charge in [0.05, 0.1) is 24.5 Å². The number of amides is 1. The molecule has 2 aromatic heterocycles. The average Bonchev–Trinajstić information content (AvgIpc) is 3.10. The lowest BCUT2D eigenvalue weighted by Crippen LogP contribution is -2.38. The minimum atomic E-state index is -0.0843. The van der Waals surface area contributed by atoms with Gasteiger partial charge in [-0.3, -0.25) is 9.69 Å². The summed E-state index contributed by atoms with van der Waals surface area (Å²) in [5.41, 5.74) is 1.44. The van der Waals surface area contributed by atoms with E-state index in [2.05, 4.69) is 20.4 Å². The van der Waals surface area contributed by atoms with E-state index in [9.17, 15) is 4.79 Å². The van der Waals surface area contributed by atoms with Crippen LogP contribution in [0.15, 0.2) is 33.9 Å². The SMILES string of the molecule is Cc1cc(CSc2ncccc2C(=O)NCCCN2CCOCC2)no1. The number of aryl methyl sites for hydroxylation is 1. The Morgan fingerprint density at radius 1 is 1.38 bits per heavy atom. The number of hydrogen-bond acceptors (Lipinski definition) is 7. The van der Waals surface area contributed by atoms with E-state index in [0.717, 1.165) is 50.7 Å². The van der Waals surface area contributed by atoms with Crippen molar-refractivity contribution in [2.45, 2.75) is 24.1 Å². The van der Waals surface area contributed by atoms with Crippen LogP contribution in [0.2, 0.25) is 0 Å². The second-order valence-electron chi connectivity index (χ2n) is 6.14. The van der Waals surface area contributed by atoms with Gasteiger partial charge < -0.3 is 14.6 Å². The number of hydrogen-bond donors (Lipinski definition) is 1. The zero-order chi connectivity index (χ0) is 18.2. The van der Waals surface area contributed by atoms with Crippen molar-refractivity contribution in [3.05, 3.63) is 41.4 Å². The van der Waals surface area contributed by atoms with E-state index < -0.39 is 0 Å². The summed E-state index contributed by atoms with van der Waals surface area (Å²) in [5.74, 6) is 1.31. The van der Waals surface area contributed by atoms with E-state index in [1.54, 1.807) is 18.3 Å². The number of carbonyl (C=O) groups excluding carboxylic acids is 1. The number of pyridine rings is 1. The first kappa shape index (κ1) is 18.9. The Hall–Kier alpha value is -1.90. The maximum Gasteiger partial charge on any atom is 0.254 e. The number of morpholine rings is 1. The molecule has 0 aliphatic carbocycles. The van der Waals surface area contributed by atoms with Crippen molar-refractivity contribution >= 4 is 17.7 Å². The van der Waals surface area contributed by atoms with Crippen LogP contribution in [0.25, 0.3) is 0 Å². The summed E-state index contributed by atoms with van der Waals surface area (Å²) >= 11 is 1.49. The summed E-state index contributed by atoms with van der Waals surface area (Å²) in [4.78, 5) is 19.2. The van der Waals surface area contributed by atoms with Crippen molar-refractivity contribution in [3.63, 3.8) is 0 Å². The molecule has 0 spiro atoms.